The Hall–Kier alpha value is 2.17. The summed E-state index contributed by atoms with van der Waals surface area (Å²) in [6.45, 7) is 3.78. The smallest absolute Gasteiger partial charge is 0 e. The first-order valence-corrected chi connectivity index (χ1v) is 1.08. The zero-order valence-electron chi connectivity index (χ0n) is 3.68. The van der Waals surface area contributed by atoms with Crippen LogP contribution < -0.4 is 0 Å². The van der Waals surface area contributed by atoms with Gasteiger partial charge in [0, 0.05) is 65.4 Å². The van der Waals surface area contributed by atoms with Gasteiger partial charge in [0.25, 0.3) is 0 Å². The monoisotopic (exact) mass is 236 g/mol. The first-order chi connectivity index (χ1) is 1.91. The van der Waals surface area contributed by atoms with Gasteiger partial charge in [-0.15, -0.1) is 6.61 Å². The van der Waals surface area contributed by atoms with Crippen molar-refractivity contribution >= 4 is 0 Å². The molecule has 0 aliphatic rings. The van der Waals surface area contributed by atoms with Gasteiger partial charge in [-0.3, -0.25) is 0 Å². The number of rotatable bonds is 1. The topological polar surface area (TPSA) is 9.23 Å². The van der Waals surface area contributed by atoms with Gasteiger partial charge in [-0.2, -0.15) is 0 Å². The second kappa shape index (κ2) is 15.7. The summed E-state index contributed by atoms with van der Waals surface area (Å²) in [6, 6.07) is 0. The second-order valence-electron chi connectivity index (χ2n) is 0.408. The molecule has 0 atom stereocenters. The molecule has 0 N–H and O–H groups in total. The van der Waals surface area contributed by atoms with Crippen LogP contribution in [-0.4, -0.2) is 6.61 Å². The maximum absolute atomic E-state index is 4.18. The maximum Gasteiger partial charge on any atom is 0 e. The van der Waals surface area contributed by atoms with Gasteiger partial charge < -0.3 is 11.7 Å². The van der Waals surface area contributed by atoms with Crippen LogP contribution in [0.5, 0.6) is 0 Å². The van der Waals surface area contributed by atoms with Crippen molar-refractivity contribution in [3.63, 3.8) is 0 Å². The molecule has 0 rings (SSSR count). The van der Waals surface area contributed by atoms with Crippen LogP contribution in [0.1, 0.15) is 0 Å². The predicted molar refractivity (Wildman–Crippen MR) is 16.7 cm³/mol. The molecular weight excluding hydrogens is 230 g/mol. The minimum absolute atomic E-state index is 0. The average molecular weight is 236 g/mol. The normalized spacial score (nSPS) is 5.00. The Bertz CT molecular complexity index is 10.8. The molecule has 1 nitrogen and oxygen atoms in total. The number of hydrogen-bond donors (Lipinski definition) is 0. The SMILES string of the molecule is [CH2-]CO[CH2-].[Y].[Y]. The molecule has 0 saturated heterocycles. The fourth-order valence-electron chi connectivity index (χ4n) is 0. The molecule has 0 heterocycles. The first-order valence-electron chi connectivity index (χ1n) is 1.08. The van der Waals surface area contributed by atoms with Gasteiger partial charge in [-0.05, 0) is 0 Å². The summed E-state index contributed by atoms with van der Waals surface area (Å²) in [4.78, 5) is 0. The van der Waals surface area contributed by atoms with E-state index in [0.717, 1.165) is 0 Å². The minimum Gasteiger partial charge on any atom is -0.581 e. The van der Waals surface area contributed by atoms with E-state index >= 15 is 0 Å². The molecule has 6 heavy (non-hydrogen) atoms. The Morgan fingerprint density at radius 1 is 1.33 bits per heavy atom. The summed E-state index contributed by atoms with van der Waals surface area (Å²) >= 11 is 0. The van der Waals surface area contributed by atoms with Crippen LogP contribution in [0.4, 0.5) is 0 Å². The predicted octanol–water partition coefficient (Wildman–Crippen LogP) is 0.624. The zero-order chi connectivity index (χ0) is 3.41. The van der Waals surface area contributed by atoms with Crippen LogP contribution in [0.25, 0.3) is 0 Å². The van der Waals surface area contributed by atoms with E-state index in [-0.39, 0.29) is 65.4 Å². The van der Waals surface area contributed by atoms with Crippen LogP contribution >= 0.6 is 0 Å². The maximum atomic E-state index is 4.18. The quantitative estimate of drug-likeness (QED) is 0.606. The van der Waals surface area contributed by atoms with Crippen molar-refractivity contribution in [3.8, 4) is 0 Å². The second-order valence-corrected chi connectivity index (χ2v) is 0.408. The van der Waals surface area contributed by atoms with Crippen molar-refractivity contribution in [3.05, 3.63) is 14.0 Å². The van der Waals surface area contributed by atoms with Crippen molar-refractivity contribution in [2.75, 3.05) is 6.61 Å². The summed E-state index contributed by atoms with van der Waals surface area (Å²) in [5, 5.41) is 0. The summed E-state index contributed by atoms with van der Waals surface area (Å²) in [6.07, 6.45) is 0. The van der Waals surface area contributed by atoms with E-state index in [9.17, 15) is 0 Å². The van der Waals surface area contributed by atoms with Crippen LogP contribution in [0.15, 0.2) is 0 Å². The first kappa shape index (κ1) is 15.7. The molecular formula is C3H6OY2-2. The third-order valence-corrected chi connectivity index (χ3v) is 0.144. The van der Waals surface area contributed by atoms with Gasteiger partial charge in [-0.1, -0.05) is 0 Å². The molecule has 0 bridgehead atoms. The van der Waals surface area contributed by atoms with Gasteiger partial charge in [-0.25, -0.2) is 7.11 Å². The Balaban J connectivity index is -0.0000000450. The van der Waals surface area contributed by atoms with Crippen LogP contribution in [0.2, 0.25) is 0 Å². The van der Waals surface area contributed by atoms with Crippen molar-refractivity contribution in [2.24, 2.45) is 0 Å². The minimum atomic E-state index is 0. The summed E-state index contributed by atoms with van der Waals surface area (Å²) < 4.78 is 4.18. The van der Waals surface area contributed by atoms with Crippen LogP contribution in [0.3, 0.4) is 0 Å². The van der Waals surface area contributed by atoms with Crippen molar-refractivity contribution < 1.29 is 70.2 Å². The Kier molecular flexibility index (Phi) is 41.1. The number of hydrogen-bond acceptors (Lipinski definition) is 1. The van der Waals surface area contributed by atoms with E-state index in [1.54, 1.807) is 0 Å². The molecule has 3 heteroatoms. The molecule has 0 amide bonds. The number of ether oxygens (including phenoxy) is 1. The molecule has 32 valence electrons. The van der Waals surface area contributed by atoms with E-state index in [0.29, 0.717) is 6.61 Å². The molecule has 0 aromatic heterocycles. The molecule has 0 fully saturated rings. The fourth-order valence-corrected chi connectivity index (χ4v) is 0. The van der Waals surface area contributed by atoms with Gasteiger partial charge in [0.1, 0.15) is 0 Å². The van der Waals surface area contributed by atoms with Crippen LogP contribution in [0, 0.1) is 14.0 Å². The molecule has 0 saturated carbocycles. The summed E-state index contributed by atoms with van der Waals surface area (Å²) in [5.74, 6) is 0. The fraction of sp³-hybridized carbons (Fsp3) is 0.333. The van der Waals surface area contributed by atoms with Gasteiger partial charge in [0.05, 0.1) is 0 Å². The standard InChI is InChI=1S/C3H6O.2Y/c1-3-4-2;;/h1-3H2;;/q-2;;. The third kappa shape index (κ3) is 16.4. The third-order valence-electron chi connectivity index (χ3n) is 0.144. The molecule has 0 spiro atoms. The summed E-state index contributed by atoms with van der Waals surface area (Å²) in [5.41, 5.74) is 0. The Morgan fingerprint density at radius 3 is 1.50 bits per heavy atom. The molecule has 0 aromatic rings. The Labute approximate surface area is 89.4 Å². The van der Waals surface area contributed by atoms with Gasteiger partial charge >= 0.3 is 0 Å². The molecule has 0 aromatic carbocycles. The van der Waals surface area contributed by atoms with Crippen molar-refractivity contribution in [2.45, 2.75) is 0 Å². The van der Waals surface area contributed by atoms with Crippen molar-refractivity contribution in [1.82, 2.24) is 0 Å². The van der Waals surface area contributed by atoms with E-state index < -0.39 is 0 Å². The molecule has 0 aliphatic heterocycles. The van der Waals surface area contributed by atoms with Crippen molar-refractivity contribution in [1.29, 1.82) is 0 Å². The largest absolute Gasteiger partial charge is 0.581 e. The van der Waals surface area contributed by atoms with E-state index in [1.165, 1.54) is 0 Å². The Morgan fingerprint density at radius 2 is 1.50 bits per heavy atom. The molecule has 0 unspecified atom stereocenters. The summed E-state index contributed by atoms with van der Waals surface area (Å²) in [7, 11) is 3.04. The van der Waals surface area contributed by atoms with E-state index in [2.05, 4.69) is 18.8 Å². The van der Waals surface area contributed by atoms with E-state index in [4.69, 9.17) is 0 Å². The molecule has 2 radical (unpaired) electrons. The van der Waals surface area contributed by atoms with Crippen LogP contribution in [-0.2, 0) is 70.2 Å². The van der Waals surface area contributed by atoms with E-state index in [1.807, 2.05) is 0 Å². The molecule has 0 aliphatic carbocycles. The van der Waals surface area contributed by atoms with Gasteiger partial charge in [0.15, 0.2) is 0 Å². The zero-order valence-corrected chi connectivity index (χ0v) is 9.36. The average Bonchev–Trinajstić information content (AvgIpc) is 1.37. The van der Waals surface area contributed by atoms with Gasteiger partial charge in [0.2, 0.25) is 0 Å².